The summed E-state index contributed by atoms with van der Waals surface area (Å²) in [4.78, 5) is 4.92. The van der Waals surface area contributed by atoms with Crippen molar-refractivity contribution in [1.29, 1.82) is 5.26 Å². The number of rotatable bonds is 5. The largest absolute Gasteiger partial charge is 0.359 e. The summed E-state index contributed by atoms with van der Waals surface area (Å²) in [6, 6.07) is 22.3. The standard InChI is InChI=1S/C23H24N4O/c24-16-19-7-9-20(10-8-19)17-26-11-4-12-27(14-13-26)18-22-15-23(25-28-22)21-5-2-1-3-6-21/h1-3,5-10,15H,4,11-14,17-18H2. The van der Waals surface area contributed by atoms with Crippen molar-refractivity contribution >= 4 is 0 Å². The summed E-state index contributed by atoms with van der Waals surface area (Å²) in [5.41, 5.74) is 3.96. The van der Waals surface area contributed by atoms with Gasteiger partial charge in [-0.15, -0.1) is 0 Å². The molecule has 0 spiro atoms. The van der Waals surface area contributed by atoms with E-state index in [2.05, 4.69) is 51.4 Å². The van der Waals surface area contributed by atoms with Crippen LogP contribution in [0.3, 0.4) is 0 Å². The van der Waals surface area contributed by atoms with Crippen LogP contribution in [-0.4, -0.2) is 41.1 Å². The Hall–Kier alpha value is -2.94. The summed E-state index contributed by atoms with van der Waals surface area (Å²) in [5, 5.41) is 13.2. The van der Waals surface area contributed by atoms with Gasteiger partial charge in [-0.05, 0) is 37.2 Å². The van der Waals surface area contributed by atoms with E-state index in [0.29, 0.717) is 5.56 Å². The van der Waals surface area contributed by atoms with Gasteiger partial charge in [-0.1, -0.05) is 47.6 Å². The molecule has 0 unspecified atom stereocenters. The van der Waals surface area contributed by atoms with Crippen LogP contribution >= 0.6 is 0 Å². The quantitative estimate of drug-likeness (QED) is 0.679. The first kappa shape index (κ1) is 18.4. The Kier molecular flexibility index (Phi) is 5.81. The van der Waals surface area contributed by atoms with E-state index in [4.69, 9.17) is 9.78 Å². The molecule has 1 aliphatic rings. The molecule has 142 valence electrons. The van der Waals surface area contributed by atoms with Gasteiger partial charge in [0, 0.05) is 31.3 Å². The lowest BCUT2D eigenvalue weighted by Crippen LogP contribution is -2.30. The number of aromatic nitrogens is 1. The molecule has 0 amide bonds. The molecule has 1 saturated heterocycles. The molecule has 1 aromatic heterocycles. The Morgan fingerprint density at radius 1 is 0.893 bits per heavy atom. The zero-order valence-corrected chi connectivity index (χ0v) is 15.9. The van der Waals surface area contributed by atoms with Gasteiger partial charge in [0.25, 0.3) is 0 Å². The Bertz CT molecular complexity index is 927. The third-order valence-electron chi connectivity index (χ3n) is 5.18. The van der Waals surface area contributed by atoms with Crippen LogP contribution in [0.2, 0.25) is 0 Å². The fraction of sp³-hybridized carbons (Fsp3) is 0.304. The van der Waals surface area contributed by atoms with Crippen LogP contribution in [0.15, 0.2) is 65.2 Å². The van der Waals surface area contributed by atoms with Crippen molar-refractivity contribution in [3.63, 3.8) is 0 Å². The third-order valence-corrected chi connectivity index (χ3v) is 5.18. The number of nitrogens with zero attached hydrogens (tertiary/aromatic N) is 4. The van der Waals surface area contributed by atoms with E-state index in [1.165, 1.54) is 5.56 Å². The zero-order valence-electron chi connectivity index (χ0n) is 15.9. The maximum atomic E-state index is 8.93. The van der Waals surface area contributed by atoms with Crippen molar-refractivity contribution in [1.82, 2.24) is 15.0 Å². The summed E-state index contributed by atoms with van der Waals surface area (Å²) in [7, 11) is 0. The lowest BCUT2D eigenvalue weighted by atomic mass is 10.1. The number of hydrogen-bond acceptors (Lipinski definition) is 5. The molecule has 0 bridgehead atoms. The first-order chi connectivity index (χ1) is 13.8. The minimum Gasteiger partial charge on any atom is -0.359 e. The third kappa shape index (κ3) is 4.66. The van der Waals surface area contributed by atoms with E-state index in [9.17, 15) is 0 Å². The summed E-state index contributed by atoms with van der Waals surface area (Å²) in [6.45, 7) is 5.91. The highest BCUT2D eigenvalue weighted by atomic mass is 16.5. The van der Waals surface area contributed by atoms with Gasteiger partial charge in [0.2, 0.25) is 0 Å². The van der Waals surface area contributed by atoms with Crippen molar-refractivity contribution in [2.24, 2.45) is 0 Å². The van der Waals surface area contributed by atoms with Crippen LogP contribution < -0.4 is 0 Å². The molecule has 4 rings (SSSR count). The first-order valence-electron chi connectivity index (χ1n) is 9.75. The highest BCUT2D eigenvalue weighted by molar-refractivity contribution is 5.58. The predicted molar refractivity (Wildman–Crippen MR) is 108 cm³/mol. The maximum absolute atomic E-state index is 8.93. The molecule has 2 heterocycles. The number of hydrogen-bond donors (Lipinski definition) is 0. The van der Waals surface area contributed by atoms with Gasteiger partial charge in [0.15, 0.2) is 5.76 Å². The van der Waals surface area contributed by atoms with Crippen molar-refractivity contribution in [2.45, 2.75) is 19.5 Å². The second kappa shape index (κ2) is 8.83. The molecule has 0 N–H and O–H groups in total. The minimum atomic E-state index is 0.715. The van der Waals surface area contributed by atoms with Gasteiger partial charge in [-0.2, -0.15) is 5.26 Å². The predicted octanol–water partition coefficient (Wildman–Crippen LogP) is 3.92. The van der Waals surface area contributed by atoms with Crippen molar-refractivity contribution in [3.05, 3.63) is 77.6 Å². The lowest BCUT2D eigenvalue weighted by Gasteiger charge is -2.21. The van der Waals surface area contributed by atoms with Gasteiger partial charge < -0.3 is 4.52 Å². The van der Waals surface area contributed by atoms with Crippen LogP contribution in [0.5, 0.6) is 0 Å². The molecular formula is C23H24N4O. The molecule has 5 heteroatoms. The second-order valence-electron chi connectivity index (χ2n) is 7.26. The molecular weight excluding hydrogens is 348 g/mol. The summed E-state index contributed by atoms with van der Waals surface area (Å²) in [5.74, 6) is 0.916. The lowest BCUT2D eigenvalue weighted by molar-refractivity contribution is 0.226. The SMILES string of the molecule is N#Cc1ccc(CN2CCCN(Cc3cc(-c4ccccc4)no3)CC2)cc1. The molecule has 1 fully saturated rings. The Morgan fingerprint density at radius 3 is 2.32 bits per heavy atom. The van der Waals surface area contributed by atoms with Crippen LogP contribution in [0.4, 0.5) is 0 Å². The average Bonchev–Trinajstić information content (AvgIpc) is 3.10. The van der Waals surface area contributed by atoms with Gasteiger partial charge in [-0.3, -0.25) is 9.80 Å². The number of nitriles is 1. The fourth-order valence-electron chi connectivity index (χ4n) is 3.64. The molecule has 0 atom stereocenters. The smallest absolute Gasteiger partial charge is 0.151 e. The molecule has 0 aliphatic carbocycles. The topological polar surface area (TPSA) is 56.3 Å². The summed E-state index contributed by atoms with van der Waals surface area (Å²) in [6.07, 6.45) is 1.13. The Balaban J connectivity index is 1.32. The van der Waals surface area contributed by atoms with E-state index in [1.807, 2.05) is 30.3 Å². The van der Waals surface area contributed by atoms with E-state index in [1.54, 1.807) is 0 Å². The van der Waals surface area contributed by atoms with Crippen molar-refractivity contribution in [2.75, 3.05) is 26.2 Å². The molecule has 1 aliphatic heterocycles. The Labute approximate surface area is 165 Å². The highest BCUT2D eigenvalue weighted by Gasteiger charge is 2.17. The van der Waals surface area contributed by atoms with Gasteiger partial charge in [0.05, 0.1) is 18.2 Å². The maximum Gasteiger partial charge on any atom is 0.151 e. The zero-order chi connectivity index (χ0) is 19.2. The van der Waals surface area contributed by atoms with Crippen molar-refractivity contribution < 1.29 is 4.52 Å². The first-order valence-corrected chi connectivity index (χ1v) is 9.75. The van der Waals surface area contributed by atoms with Crippen molar-refractivity contribution in [3.8, 4) is 17.3 Å². The molecule has 0 radical (unpaired) electrons. The van der Waals surface area contributed by atoms with E-state index in [-0.39, 0.29) is 0 Å². The molecule has 3 aromatic rings. The molecule has 2 aromatic carbocycles. The van der Waals surface area contributed by atoms with Crippen LogP contribution in [-0.2, 0) is 13.1 Å². The summed E-state index contributed by atoms with van der Waals surface area (Å²) < 4.78 is 5.58. The Morgan fingerprint density at radius 2 is 1.61 bits per heavy atom. The van der Waals surface area contributed by atoms with E-state index < -0.39 is 0 Å². The summed E-state index contributed by atoms with van der Waals surface area (Å²) >= 11 is 0. The molecule has 5 nitrogen and oxygen atoms in total. The molecule has 28 heavy (non-hydrogen) atoms. The van der Waals surface area contributed by atoms with Crippen LogP contribution in [0.1, 0.15) is 23.3 Å². The number of benzene rings is 2. The molecule has 0 saturated carbocycles. The van der Waals surface area contributed by atoms with Crippen LogP contribution in [0, 0.1) is 11.3 Å². The average molecular weight is 372 g/mol. The van der Waals surface area contributed by atoms with E-state index >= 15 is 0 Å². The minimum absolute atomic E-state index is 0.715. The van der Waals surface area contributed by atoms with Gasteiger partial charge >= 0.3 is 0 Å². The monoisotopic (exact) mass is 372 g/mol. The second-order valence-corrected chi connectivity index (χ2v) is 7.26. The van der Waals surface area contributed by atoms with Gasteiger partial charge in [0.1, 0.15) is 5.69 Å². The van der Waals surface area contributed by atoms with Gasteiger partial charge in [-0.25, -0.2) is 0 Å². The highest BCUT2D eigenvalue weighted by Crippen LogP contribution is 2.20. The van der Waals surface area contributed by atoms with Crippen LogP contribution in [0.25, 0.3) is 11.3 Å². The normalized spacial score (nSPS) is 15.8. The fourth-order valence-corrected chi connectivity index (χ4v) is 3.64. The van der Waals surface area contributed by atoms with E-state index in [0.717, 1.165) is 62.7 Å².